The molecule has 0 spiro atoms. The molecule has 0 saturated heterocycles. The van der Waals surface area contributed by atoms with Crippen LogP contribution in [0.3, 0.4) is 0 Å². The number of carbonyl (C=O) groups is 2. The molecule has 0 atom stereocenters. The Kier molecular flexibility index (Phi) is 5.48. The van der Waals surface area contributed by atoms with Crippen LogP contribution in [0.25, 0.3) is 0 Å². The Hall–Kier alpha value is -2.93. The van der Waals surface area contributed by atoms with Gasteiger partial charge in [0.15, 0.2) is 0 Å². The van der Waals surface area contributed by atoms with Crippen molar-refractivity contribution in [3.8, 4) is 0 Å². The first kappa shape index (κ1) is 17.9. The maximum Gasteiger partial charge on any atom is 0.319 e. The van der Waals surface area contributed by atoms with Crippen LogP contribution in [0.5, 0.6) is 0 Å². The fraction of sp³-hybridized carbons (Fsp3) is 0.222. The van der Waals surface area contributed by atoms with E-state index >= 15 is 0 Å². The number of rotatable bonds is 5. The molecule has 1 aromatic heterocycles. The van der Waals surface area contributed by atoms with Crippen molar-refractivity contribution in [3.63, 3.8) is 0 Å². The van der Waals surface area contributed by atoms with Gasteiger partial charge in [0.05, 0.1) is 11.3 Å². The highest BCUT2D eigenvalue weighted by atomic mass is 35.5. The first-order chi connectivity index (χ1) is 12.5. The number of amides is 3. The summed E-state index contributed by atoms with van der Waals surface area (Å²) in [6, 6.07) is 10.4. The standard InChI is InChI=1S/C18H18ClN5O2/c1-11(23-24-17(25)13-4-9-16(19)20-10-13)12-2-5-14(6-3-12)21-18(26)22-15-7-8-15/h2-6,9-10,15H,7-8H2,1H3,(H,24,25)(H2,21,22,26)/b23-11+. The molecule has 26 heavy (non-hydrogen) atoms. The van der Waals surface area contributed by atoms with Gasteiger partial charge in [0.1, 0.15) is 5.15 Å². The predicted octanol–water partition coefficient (Wildman–Crippen LogP) is 3.17. The monoisotopic (exact) mass is 371 g/mol. The minimum absolute atomic E-state index is 0.200. The zero-order chi connectivity index (χ0) is 18.5. The van der Waals surface area contributed by atoms with Crippen molar-refractivity contribution < 1.29 is 9.59 Å². The van der Waals surface area contributed by atoms with E-state index < -0.39 is 0 Å². The molecule has 1 heterocycles. The summed E-state index contributed by atoms with van der Waals surface area (Å²) in [5.41, 5.74) is 5.00. The summed E-state index contributed by atoms with van der Waals surface area (Å²) in [5, 5.41) is 10.0. The third-order valence-corrected chi connectivity index (χ3v) is 4.01. The molecule has 1 saturated carbocycles. The van der Waals surface area contributed by atoms with Gasteiger partial charge in [-0.3, -0.25) is 4.79 Å². The highest BCUT2D eigenvalue weighted by Crippen LogP contribution is 2.19. The third kappa shape index (κ3) is 5.03. The summed E-state index contributed by atoms with van der Waals surface area (Å²) in [5.74, 6) is -0.372. The molecule has 134 valence electrons. The topological polar surface area (TPSA) is 95.5 Å². The van der Waals surface area contributed by atoms with E-state index in [9.17, 15) is 9.59 Å². The van der Waals surface area contributed by atoms with Gasteiger partial charge in [-0.25, -0.2) is 15.2 Å². The molecule has 0 radical (unpaired) electrons. The van der Waals surface area contributed by atoms with E-state index in [2.05, 4.69) is 26.1 Å². The maximum atomic E-state index is 12.0. The van der Waals surface area contributed by atoms with E-state index in [1.54, 1.807) is 25.1 Å². The smallest absolute Gasteiger partial charge is 0.319 e. The van der Waals surface area contributed by atoms with Crippen LogP contribution >= 0.6 is 11.6 Å². The average molecular weight is 372 g/mol. The van der Waals surface area contributed by atoms with E-state index in [-0.39, 0.29) is 11.9 Å². The normalized spacial score (nSPS) is 13.8. The minimum Gasteiger partial charge on any atom is -0.335 e. The van der Waals surface area contributed by atoms with Gasteiger partial charge in [-0.1, -0.05) is 23.7 Å². The minimum atomic E-state index is -0.372. The number of anilines is 1. The molecule has 7 nitrogen and oxygen atoms in total. The number of aromatic nitrogens is 1. The second-order valence-electron chi connectivity index (χ2n) is 5.96. The van der Waals surface area contributed by atoms with Crippen molar-refractivity contribution in [1.82, 2.24) is 15.7 Å². The number of hydrogen-bond donors (Lipinski definition) is 3. The number of hydrazone groups is 1. The van der Waals surface area contributed by atoms with Gasteiger partial charge < -0.3 is 10.6 Å². The summed E-state index contributed by atoms with van der Waals surface area (Å²) in [4.78, 5) is 27.6. The van der Waals surface area contributed by atoms with Gasteiger partial charge in [-0.2, -0.15) is 5.10 Å². The van der Waals surface area contributed by atoms with Gasteiger partial charge in [-0.15, -0.1) is 0 Å². The van der Waals surface area contributed by atoms with Crippen LogP contribution in [-0.2, 0) is 0 Å². The fourth-order valence-corrected chi connectivity index (χ4v) is 2.26. The van der Waals surface area contributed by atoms with E-state index in [0.29, 0.717) is 28.2 Å². The third-order valence-electron chi connectivity index (χ3n) is 3.79. The molecule has 0 unspecified atom stereocenters. The molecule has 1 fully saturated rings. The van der Waals surface area contributed by atoms with Crippen molar-refractivity contribution in [2.45, 2.75) is 25.8 Å². The Labute approximate surface area is 155 Å². The van der Waals surface area contributed by atoms with E-state index in [0.717, 1.165) is 18.4 Å². The van der Waals surface area contributed by atoms with Gasteiger partial charge in [-0.05, 0) is 49.6 Å². The largest absolute Gasteiger partial charge is 0.335 e. The van der Waals surface area contributed by atoms with Crippen LogP contribution in [0, 0.1) is 0 Å². The number of pyridine rings is 1. The van der Waals surface area contributed by atoms with Gasteiger partial charge in [0.25, 0.3) is 5.91 Å². The Morgan fingerprint density at radius 2 is 1.81 bits per heavy atom. The lowest BCUT2D eigenvalue weighted by Gasteiger charge is -2.08. The number of nitrogens with zero attached hydrogens (tertiary/aromatic N) is 2. The summed E-state index contributed by atoms with van der Waals surface area (Å²) >= 11 is 5.70. The molecule has 1 aromatic carbocycles. The lowest BCUT2D eigenvalue weighted by molar-refractivity contribution is 0.0954. The molecule has 3 N–H and O–H groups in total. The number of benzene rings is 1. The Bertz CT molecular complexity index is 830. The van der Waals surface area contributed by atoms with E-state index in [1.165, 1.54) is 12.3 Å². The summed E-state index contributed by atoms with van der Waals surface area (Å²) in [6.07, 6.45) is 3.47. The van der Waals surface area contributed by atoms with E-state index in [1.807, 2.05) is 12.1 Å². The van der Waals surface area contributed by atoms with Crippen LogP contribution in [0.2, 0.25) is 5.15 Å². The van der Waals surface area contributed by atoms with Crippen molar-refractivity contribution >= 4 is 34.9 Å². The van der Waals surface area contributed by atoms with Gasteiger partial charge >= 0.3 is 6.03 Å². The summed E-state index contributed by atoms with van der Waals surface area (Å²) in [7, 11) is 0. The number of halogens is 1. The maximum absolute atomic E-state index is 12.0. The van der Waals surface area contributed by atoms with Crippen molar-refractivity contribution in [2.75, 3.05) is 5.32 Å². The first-order valence-electron chi connectivity index (χ1n) is 8.15. The summed E-state index contributed by atoms with van der Waals surface area (Å²) in [6.45, 7) is 1.78. The van der Waals surface area contributed by atoms with Gasteiger partial charge in [0.2, 0.25) is 0 Å². The highest BCUT2D eigenvalue weighted by molar-refractivity contribution is 6.29. The SMILES string of the molecule is C/C(=N\NC(=O)c1ccc(Cl)nc1)c1ccc(NC(=O)NC2CC2)cc1. The van der Waals surface area contributed by atoms with Crippen LogP contribution in [0.1, 0.15) is 35.7 Å². The first-order valence-corrected chi connectivity index (χ1v) is 8.53. The Balaban J connectivity index is 1.57. The number of urea groups is 1. The van der Waals surface area contributed by atoms with Crippen LogP contribution in [0.15, 0.2) is 47.7 Å². The molecule has 8 heteroatoms. The van der Waals surface area contributed by atoms with Gasteiger partial charge in [0, 0.05) is 17.9 Å². The zero-order valence-electron chi connectivity index (χ0n) is 14.1. The van der Waals surface area contributed by atoms with Crippen molar-refractivity contribution in [2.24, 2.45) is 5.10 Å². The molecular weight excluding hydrogens is 354 g/mol. The second-order valence-corrected chi connectivity index (χ2v) is 6.35. The molecule has 1 aliphatic carbocycles. The molecule has 3 rings (SSSR count). The van der Waals surface area contributed by atoms with Crippen LogP contribution < -0.4 is 16.1 Å². The van der Waals surface area contributed by atoms with Crippen LogP contribution in [0.4, 0.5) is 10.5 Å². The van der Waals surface area contributed by atoms with Crippen LogP contribution in [-0.4, -0.2) is 28.7 Å². The average Bonchev–Trinajstić information content (AvgIpc) is 3.44. The molecule has 2 aromatic rings. The number of carbonyl (C=O) groups excluding carboxylic acids is 2. The second kappa shape index (κ2) is 7.97. The fourth-order valence-electron chi connectivity index (χ4n) is 2.15. The van der Waals surface area contributed by atoms with E-state index in [4.69, 9.17) is 11.6 Å². The number of nitrogens with one attached hydrogen (secondary N) is 3. The molecule has 1 aliphatic rings. The Morgan fingerprint density at radius 3 is 2.42 bits per heavy atom. The molecule has 3 amide bonds. The molecule has 0 aliphatic heterocycles. The predicted molar refractivity (Wildman–Crippen MR) is 101 cm³/mol. The highest BCUT2D eigenvalue weighted by Gasteiger charge is 2.23. The number of hydrogen-bond acceptors (Lipinski definition) is 4. The van der Waals surface area contributed by atoms with Crippen molar-refractivity contribution in [3.05, 3.63) is 58.9 Å². The lowest BCUT2D eigenvalue weighted by atomic mass is 10.1. The Morgan fingerprint density at radius 1 is 1.12 bits per heavy atom. The summed E-state index contributed by atoms with van der Waals surface area (Å²) < 4.78 is 0. The van der Waals surface area contributed by atoms with Crippen molar-refractivity contribution in [1.29, 1.82) is 0 Å². The molecule has 0 bridgehead atoms. The lowest BCUT2D eigenvalue weighted by Crippen LogP contribution is -2.30. The zero-order valence-corrected chi connectivity index (χ0v) is 14.9. The quantitative estimate of drug-likeness (QED) is 0.428. The molecular formula is C18H18ClN5O2.